The van der Waals surface area contributed by atoms with Crippen LogP contribution in [0.25, 0.3) is 0 Å². The van der Waals surface area contributed by atoms with Crippen LogP contribution in [0, 0.1) is 6.92 Å². The normalized spacial score (nSPS) is 14.2. The molecule has 0 atom stereocenters. The van der Waals surface area contributed by atoms with E-state index >= 15 is 0 Å². The molecule has 0 saturated heterocycles. The molecule has 0 aliphatic rings. The van der Waals surface area contributed by atoms with E-state index in [4.69, 9.17) is 0 Å². The van der Waals surface area contributed by atoms with Gasteiger partial charge in [-0.3, -0.25) is 0 Å². The number of unbranched alkanes of at least 4 members (excludes halogenated alkanes) is 1. The zero-order valence-corrected chi connectivity index (χ0v) is 8.09. The lowest BCUT2D eigenvalue weighted by molar-refractivity contribution is -0.399. The second-order valence-corrected chi connectivity index (χ2v) is 2.98. The van der Waals surface area contributed by atoms with Crippen LogP contribution in [-0.4, -0.2) is 31.2 Å². The van der Waals surface area contributed by atoms with Crippen LogP contribution < -0.4 is 0 Å². The van der Waals surface area contributed by atoms with Crippen molar-refractivity contribution in [3.05, 3.63) is 6.92 Å². The van der Waals surface area contributed by atoms with Crippen LogP contribution in [0.5, 0.6) is 0 Å². The summed E-state index contributed by atoms with van der Waals surface area (Å²) in [6, 6.07) is 0. The second kappa shape index (κ2) is 5.20. The molecule has 0 rings (SSSR count). The van der Waals surface area contributed by atoms with Gasteiger partial charge < -0.3 is 4.74 Å². The fourth-order valence-corrected chi connectivity index (χ4v) is 0.690. The Morgan fingerprint density at radius 2 is 1.50 bits per heavy atom. The lowest BCUT2D eigenvalue weighted by Gasteiger charge is -2.30. The molecular weight excluding hydrogens is 245 g/mol. The Kier molecular flexibility index (Phi) is 5.03. The Hall–Kier alpha value is -0.530. The fraction of sp³-hybridized carbons (Fsp3) is 0.875. The van der Waals surface area contributed by atoms with Crippen molar-refractivity contribution in [1.29, 1.82) is 0 Å². The predicted octanol–water partition coefficient (Wildman–Crippen LogP) is 3.45. The summed E-state index contributed by atoms with van der Waals surface area (Å²) in [4.78, 5) is 0. The molecule has 0 amide bonds. The average molecular weight is 255 g/mol. The molecule has 0 fully saturated rings. The number of hydrogen-bond donors (Lipinski definition) is 0. The maximum Gasteiger partial charge on any atom is 0.425 e. The lowest BCUT2D eigenvalue weighted by Crippen LogP contribution is -2.56. The average Bonchev–Trinajstić information content (AvgIpc) is 2.17. The topological polar surface area (TPSA) is 9.23 Å². The van der Waals surface area contributed by atoms with Gasteiger partial charge in [-0.2, -0.15) is 26.3 Å². The van der Waals surface area contributed by atoms with E-state index in [9.17, 15) is 30.7 Å². The summed E-state index contributed by atoms with van der Waals surface area (Å²) < 4.78 is 89.6. The minimum absolute atomic E-state index is 0.104. The minimum Gasteiger partial charge on any atom is -0.316 e. The van der Waals surface area contributed by atoms with Crippen molar-refractivity contribution < 1.29 is 35.5 Å². The highest BCUT2D eigenvalue weighted by Crippen LogP contribution is 2.46. The Labute approximate surface area is 87.6 Å². The molecule has 0 aromatic carbocycles. The molecule has 8 heteroatoms. The first kappa shape index (κ1) is 15.5. The second-order valence-electron chi connectivity index (χ2n) is 2.98. The van der Waals surface area contributed by atoms with Crippen LogP contribution in [0.15, 0.2) is 0 Å². The van der Waals surface area contributed by atoms with E-state index in [-0.39, 0.29) is 12.8 Å². The van der Waals surface area contributed by atoms with Crippen LogP contribution in [0.4, 0.5) is 30.7 Å². The Morgan fingerprint density at radius 1 is 1.00 bits per heavy atom. The highest BCUT2D eigenvalue weighted by atomic mass is 19.4. The zero-order chi connectivity index (χ0) is 13.0. The van der Waals surface area contributed by atoms with Gasteiger partial charge in [-0.05, 0) is 6.42 Å². The highest BCUT2D eigenvalue weighted by molar-refractivity contribution is 4.91. The third kappa shape index (κ3) is 2.99. The SMILES string of the molecule is [CH2]CCCOC(F)(F)C(F)(F)C(F)(F)CF. The molecule has 0 unspecified atom stereocenters. The molecule has 0 aromatic heterocycles. The van der Waals surface area contributed by atoms with Gasteiger partial charge in [0.1, 0.15) is 0 Å². The van der Waals surface area contributed by atoms with Gasteiger partial charge in [-0.1, -0.05) is 13.3 Å². The van der Waals surface area contributed by atoms with Crippen molar-refractivity contribution in [3.63, 3.8) is 0 Å². The highest BCUT2D eigenvalue weighted by Gasteiger charge is 2.73. The largest absolute Gasteiger partial charge is 0.425 e. The Bertz CT molecular complexity index is 216. The van der Waals surface area contributed by atoms with Crippen LogP contribution in [0.1, 0.15) is 12.8 Å². The Morgan fingerprint density at radius 3 is 1.88 bits per heavy atom. The summed E-state index contributed by atoms with van der Waals surface area (Å²) in [6.45, 7) is -0.549. The standard InChI is InChI=1S/C8H10F7O/c1-2-3-4-16-8(14,15)7(12,13)6(10,11)5-9/h1-5H2. The van der Waals surface area contributed by atoms with Crippen LogP contribution >= 0.6 is 0 Å². The first-order valence-electron chi connectivity index (χ1n) is 4.25. The fourth-order valence-electron chi connectivity index (χ4n) is 0.690. The third-order valence-electron chi connectivity index (χ3n) is 1.67. The van der Waals surface area contributed by atoms with Gasteiger partial charge in [-0.15, -0.1) is 0 Å². The Balaban J connectivity index is 4.70. The number of hydrogen-bond acceptors (Lipinski definition) is 1. The third-order valence-corrected chi connectivity index (χ3v) is 1.67. The first-order valence-corrected chi connectivity index (χ1v) is 4.25. The van der Waals surface area contributed by atoms with E-state index in [0.717, 1.165) is 0 Å². The van der Waals surface area contributed by atoms with Crippen molar-refractivity contribution >= 4 is 0 Å². The van der Waals surface area contributed by atoms with Gasteiger partial charge in [-0.25, -0.2) is 4.39 Å². The molecule has 1 nitrogen and oxygen atoms in total. The molecule has 0 N–H and O–H groups in total. The quantitative estimate of drug-likeness (QED) is 0.500. The zero-order valence-electron chi connectivity index (χ0n) is 8.09. The summed E-state index contributed by atoms with van der Waals surface area (Å²) >= 11 is 0. The van der Waals surface area contributed by atoms with E-state index in [0.29, 0.717) is 0 Å². The van der Waals surface area contributed by atoms with E-state index in [1.54, 1.807) is 0 Å². The number of halogens is 7. The van der Waals surface area contributed by atoms with Gasteiger partial charge in [0.2, 0.25) is 0 Å². The molecular formula is C8H10F7O. The van der Waals surface area contributed by atoms with Crippen molar-refractivity contribution in [3.8, 4) is 0 Å². The summed E-state index contributed by atoms with van der Waals surface area (Å²) in [5.74, 6) is -11.4. The van der Waals surface area contributed by atoms with Crippen molar-refractivity contribution in [1.82, 2.24) is 0 Å². The molecule has 0 aliphatic heterocycles. The van der Waals surface area contributed by atoms with Crippen molar-refractivity contribution in [2.75, 3.05) is 13.3 Å². The minimum atomic E-state index is -5.89. The number of rotatable bonds is 7. The van der Waals surface area contributed by atoms with Crippen molar-refractivity contribution in [2.24, 2.45) is 0 Å². The smallest absolute Gasteiger partial charge is 0.316 e. The molecule has 0 spiro atoms. The predicted molar refractivity (Wildman–Crippen MR) is 41.4 cm³/mol. The summed E-state index contributed by atoms with van der Waals surface area (Å²) in [6.07, 6.45) is -5.41. The summed E-state index contributed by atoms with van der Waals surface area (Å²) in [5, 5.41) is 0. The van der Waals surface area contributed by atoms with Crippen LogP contribution in [0.3, 0.4) is 0 Å². The van der Waals surface area contributed by atoms with Crippen LogP contribution in [0.2, 0.25) is 0 Å². The molecule has 16 heavy (non-hydrogen) atoms. The number of alkyl halides is 7. The van der Waals surface area contributed by atoms with Gasteiger partial charge in [0, 0.05) is 0 Å². The maximum absolute atomic E-state index is 12.6. The molecule has 0 aliphatic carbocycles. The summed E-state index contributed by atoms with van der Waals surface area (Å²) in [5.41, 5.74) is 0. The monoisotopic (exact) mass is 255 g/mol. The lowest BCUT2D eigenvalue weighted by atomic mass is 10.1. The van der Waals surface area contributed by atoms with E-state index in [1.807, 2.05) is 0 Å². The van der Waals surface area contributed by atoms with Gasteiger partial charge in [0.15, 0.2) is 6.67 Å². The van der Waals surface area contributed by atoms with Gasteiger partial charge in [0.05, 0.1) is 6.61 Å². The van der Waals surface area contributed by atoms with E-state index in [2.05, 4.69) is 11.7 Å². The molecule has 1 radical (unpaired) electrons. The van der Waals surface area contributed by atoms with Gasteiger partial charge >= 0.3 is 18.0 Å². The summed E-state index contributed by atoms with van der Waals surface area (Å²) in [7, 11) is 0. The molecule has 0 saturated carbocycles. The number of ether oxygens (including phenoxy) is 1. The molecule has 0 aromatic rings. The van der Waals surface area contributed by atoms with E-state index in [1.165, 1.54) is 0 Å². The van der Waals surface area contributed by atoms with Crippen LogP contribution in [-0.2, 0) is 4.74 Å². The first-order chi connectivity index (χ1) is 7.12. The van der Waals surface area contributed by atoms with Gasteiger partial charge in [0.25, 0.3) is 0 Å². The molecule has 97 valence electrons. The molecule has 0 bridgehead atoms. The van der Waals surface area contributed by atoms with E-state index < -0.39 is 31.2 Å². The van der Waals surface area contributed by atoms with Crippen molar-refractivity contribution in [2.45, 2.75) is 30.8 Å². The maximum atomic E-state index is 12.6. The molecule has 0 heterocycles.